The molecule has 6 heteroatoms. The van der Waals surface area contributed by atoms with Gasteiger partial charge in [-0.15, -0.1) is 11.1 Å². The number of nitrogens with zero attached hydrogens (tertiary/aromatic N) is 1. The zero-order valence-corrected chi connectivity index (χ0v) is 4.02. The van der Waals surface area contributed by atoms with Crippen LogP contribution in [0, 0.1) is 12.5 Å². The van der Waals surface area contributed by atoms with Crippen LogP contribution in [-0.2, 0) is 0 Å². The summed E-state index contributed by atoms with van der Waals surface area (Å²) in [6, 6.07) is 2.25. The third-order valence-electron chi connectivity index (χ3n) is 0.590. The minimum atomic E-state index is 1.26. The molecule has 1 heterocycles. The molecule has 1 rings (SSSR count). The van der Waals surface area contributed by atoms with Gasteiger partial charge in [0, 0.05) is 6.04 Å². The first-order chi connectivity index (χ1) is 3.93. The van der Waals surface area contributed by atoms with Gasteiger partial charge in [0.2, 0.25) is 0 Å². The summed E-state index contributed by atoms with van der Waals surface area (Å²) < 4.78 is 0. The van der Waals surface area contributed by atoms with Gasteiger partial charge in [0.15, 0.2) is 0 Å². The Labute approximate surface area is 46.4 Å². The Morgan fingerprint density at radius 3 is 2.12 bits per heavy atom. The molecule has 8 heavy (non-hydrogen) atoms. The molecule has 1 fully saturated rings. The molecular weight excluding hydrogens is 108 g/mol. The van der Waals surface area contributed by atoms with Crippen molar-refractivity contribution in [2.45, 2.75) is 0 Å². The van der Waals surface area contributed by atoms with Crippen molar-refractivity contribution in [1.82, 2.24) is 32.8 Å². The Morgan fingerprint density at radius 1 is 1.12 bits per heavy atom. The second-order valence-electron chi connectivity index (χ2n) is 1.06. The predicted molar refractivity (Wildman–Crippen MR) is 26.4 cm³/mol. The van der Waals surface area contributed by atoms with E-state index in [1.54, 1.807) is 0 Å². The fourth-order valence-electron chi connectivity index (χ4n) is 0.291. The summed E-state index contributed by atoms with van der Waals surface area (Å²) >= 11 is 0. The van der Waals surface area contributed by atoms with Gasteiger partial charge in [-0.2, -0.15) is 21.7 Å². The van der Waals surface area contributed by atoms with Crippen LogP contribution in [0.25, 0.3) is 0 Å². The molecule has 0 bridgehead atoms. The molecule has 0 aliphatic carbocycles. The summed E-state index contributed by atoms with van der Waals surface area (Å²) in [4.78, 5) is 0. The van der Waals surface area contributed by atoms with Gasteiger partial charge in [-0.05, 0) is 0 Å². The first-order valence-electron chi connectivity index (χ1n) is 1.96. The third kappa shape index (κ3) is 1.06. The van der Waals surface area contributed by atoms with E-state index in [4.69, 9.17) is 6.42 Å². The third-order valence-corrected chi connectivity index (χ3v) is 0.590. The molecule has 0 amide bonds. The SMILES string of the molecule is C#CN1NNNNN1. The molecular formula is C2H6N6. The largest absolute Gasteiger partial charge is 0.167 e. The van der Waals surface area contributed by atoms with Crippen LogP contribution in [0.2, 0.25) is 0 Å². The molecule has 1 saturated heterocycles. The Morgan fingerprint density at radius 2 is 1.75 bits per heavy atom. The van der Waals surface area contributed by atoms with Crippen molar-refractivity contribution in [3.05, 3.63) is 0 Å². The zero-order chi connectivity index (χ0) is 5.82. The molecule has 0 spiro atoms. The number of terminal acetylenes is 1. The molecule has 5 N–H and O–H groups in total. The predicted octanol–water partition coefficient (Wildman–Crippen LogP) is -2.67. The summed E-state index contributed by atoms with van der Waals surface area (Å²) in [6.45, 7) is 0. The van der Waals surface area contributed by atoms with Gasteiger partial charge in [0.25, 0.3) is 0 Å². The quantitative estimate of drug-likeness (QED) is 0.221. The normalized spacial score (nSPS) is 20.1. The smallest absolute Gasteiger partial charge is 0.0402 e. The lowest BCUT2D eigenvalue weighted by Crippen LogP contribution is -2.71. The summed E-state index contributed by atoms with van der Waals surface area (Å²) in [5.74, 6) is 0. The molecule has 6 nitrogen and oxygen atoms in total. The summed E-state index contributed by atoms with van der Waals surface area (Å²) in [6.07, 6.45) is 4.95. The standard InChI is InChI=1S/C2H6N6/c1-2-8-6-4-3-5-7-8/h1,3-7H. The van der Waals surface area contributed by atoms with Crippen LogP contribution in [0.1, 0.15) is 0 Å². The number of hydrazine groups is 6. The van der Waals surface area contributed by atoms with Gasteiger partial charge in [-0.25, -0.2) is 0 Å². The summed E-state index contributed by atoms with van der Waals surface area (Å²) in [7, 11) is 0. The van der Waals surface area contributed by atoms with Gasteiger partial charge in [0.1, 0.15) is 0 Å². The highest BCUT2D eigenvalue weighted by molar-refractivity contribution is 4.78. The molecule has 0 radical (unpaired) electrons. The van der Waals surface area contributed by atoms with E-state index >= 15 is 0 Å². The highest BCUT2D eigenvalue weighted by Crippen LogP contribution is 1.62. The Kier molecular flexibility index (Phi) is 1.63. The highest BCUT2D eigenvalue weighted by Gasteiger charge is 1.98. The molecule has 1 aliphatic rings. The van der Waals surface area contributed by atoms with Crippen LogP contribution >= 0.6 is 0 Å². The fourth-order valence-corrected chi connectivity index (χ4v) is 0.291. The molecule has 0 aromatic heterocycles. The van der Waals surface area contributed by atoms with Crippen LogP contribution in [0.15, 0.2) is 0 Å². The minimum absolute atomic E-state index is 1.26. The van der Waals surface area contributed by atoms with Crippen LogP contribution in [-0.4, -0.2) is 5.12 Å². The van der Waals surface area contributed by atoms with Crippen molar-refractivity contribution in [2.24, 2.45) is 0 Å². The van der Waals surface area contributed by atoms with Crippen molar-refractivity contribution in [1.29, 1.82) is 0 Å². The number of rotatable bonds is 0. The average molecular weight is 114 g/mol. The second kappa shape index (κ2) is 2.46. The van der Waals surface area contributed by atoms with Crippen LogP contribution in [0.5, 0.6) is 0 Å². The average Bonchev–Trinajstić information content (AvgIpc) is 1.90. The minimum Gasteiger partial charge on any atom is -0.167 e. The fraction of sp³-hybridized carbons (Fsp3) is 0. The van der Waals surface area contributed by atoms with E-state index in [2.05, 4.69) is 33.7 Å². The Hall–Kier alpha value is -0.840. The highest BCUT2D eigenvalue weighted by atomic mass is 16.1. The molecule has 44 valence electrons. The van der Waals surface area contributed by atoms with E-state index in [1.807, 2.05) is 0 Å². The van der Waals surface area contributed by atoms with E-state index < -0.39 is 0 Å². The summed E-state index contributed by atoms with van der Waals surface area (Å²) in [5, 5.41) is 1.26. The Bertz CT molecular complexity index is 97.6. The maximum atomic E-state index is 4.95. The van der Waals surface area contributed by atoms with E-state index in [0.717, 1.165) is 0 Å². The lowest BCUT2D eigenvalue weighted by molar-refractivity contribution is 0.0383. The van der Waals surface area contributed by atoms with Gasteiger partial charge in [0.05, 0.1) is 0 Å². The summed E-state index contributed by atoms with van der Waals surface area (Å²) in [5.41, 5.74) is 12.5. The number of nitrogens with one attached hydrogen (secondary N) is 5. The van der Waals surface area contributed by atoms with Crippen molar-refractivity contribution in [3.8, 4) is 12.5 Å². The first kappa shape index (κ1) is 5.30. The lowest BCUT2D eigenvalue weighted by atomic mass is 11.1. The maximum Gasteiger partial charge on any atom is 0.0402 e. The van der Waals surface area contributed by atoms with E-state index in [9.17, 15) is 0 Å². The van der Waals surface area contributed by atoms with Crippen molar-refractivity contribution in [3.63, 3.8) is 0 Å². The van der Waals surface area contributed by atoms with Gasteiger partial charge in [-0.1, -0.05) is 6.42 Å². The van der Waals surface area contributed by atoms with E-state index in [0.29, 0.717) is 0 Å². The van der Waals surface area contributed by atoms with Crippen LogP contribution in [0.4, 0.5) is 0 Å². The topological polar surface area (TPSA) is 63.4 Å². The van der Waals surface area contributed by atoms with Crippen molar-refractivity contribution >= 4 is 0 Å². The van der Waals surface area contributed by atoms with Crippen molar-refractivity contribution < 1.29 is 0 Å². The van der Waals surface area contributed by atoms with Gasteiger partial charge < -0.3 is 0 Å². The van der Waals surface area contributed by atoms with Crippen molar-refractivity contribution in [2.75, 3.05) is 0 Å². The molecule has 0 aromatic rings. The van der Waals surface area contributed by atoms with Gasteiger partial charge in [-0.3, -0.25) is 0 Å². The molecule has 1 aliphatic heterocycles. The first-order valence-corrected chi connectivity index (χ1v) is 1.96. The number of hydrogen-bond acceptors (Lipinski definition) is 6. The molecule has 0 saturated carbocycles. The zero-order valence-electron chi connectivity index (χ0n) is 4.02. The molecule has 0 aromatic carbocycles. The second-order valence-corrected chi connectivity index (χ2v) is 1.06. The lowest BCUT2D eigenvalue weighted by Gasteiger charge is -2.25. The van der Waals surface area contributed by atoms with Gasteiger partial charge >= 0.3 is 0 Å². The van der Waals surface area contributed by atoms with E-state index in [1.165, 1.54) is 5.12 Å². The molecule has 0 atom stereocenters. The number of hydrogen-bond donors (Lipinski definition) is 5. The monoisotopic (exact) mass is 114 g/mol. The maximum absolute atomic E-state index is 4.95. The van der Waals surface area contributed by atoms with E-state index in [-0.39, 0.29) is 0 Å². The van der Waals surface area contributed by atoms with Crippen LogP contribution < -0.4 is 27.7 Å². The van der Waals surface area contributed by atoms with Crippen LogP contribution in [0.3, 0.4) is 0 Å². The molecule has 0 unspecified atom stereocenters. The Balaban J connectivity index is 2.25.